The Kier molecular flexibility index (Phi) is 6.08. The molecule has 0 spiro atoms. The summed E-state index contributed by atoms with van der Waals surface area (Å²) in [6.45, 7) is 2.53. The third kappa shape index (κ3) is 4.79. The first kappa shape index (κ1) is 14.1. The summed E-state index contributed by atoms with van der Waals surface area (Å²) in [5.41, 5.74) is 1.42. The minimum absolute atomic E-state index is 0.0597. The Morgan fingerprint density at radius 1 is 1.35 bits per heavy atom. The van der Waals surface area contributed by atoms with Crippen LogP contribution in [-0.4, -0.2) is 24.6 Å². The topological polar surface area (TPSA) is 32.3 Å². The van der Waals surface area contributed by atoms with Crippen LogP contribution in [0.15, 0.2) is 18.2 Å². The summed E-state index contributed by atoms with van der Waals surface area (Å²) in [5, 5.41) is 11.6. The summed E-state index contributed by atoms with van der Waals surface area (Å²) >= 11 is 0. The first-order valence-corrected chi connectivity index (χ1v) is 5.93. The molecule has 0 aliphatic carbocycles. The van der Waals surface area contributed by atoms with Crippen LogP contribution in [0.1, 0.15) is 24.5 Å². The largest absolute Gasteiger partial charge is 0.396 e. The molecule has 0 radical (unpaired) electrons. The van der Waals surface area contributed by atoms with Crippen LogP contribution in [0.3, 0.4) is 0 Å². The molecule has 0 unspecified atom stereocenters. The molecule has 0 saturated heterocycles. The second kappa shape index (κ2) is 7.35. The minimum atomic E-state index is -1.13. The van der Waals surface area contributed by atoms with Gasteiger partial charge in [0.25, 0.3) is 0 Å². The Balaban J connectivity index is 2.68. The molecule has 1 aromatic carbocycles. The van der Waals surface area contributed by atoms with E-state index in [9.17, 15) is 8.78 Å². The summed E-state index contributed by atoms with van der Waals surface area (Å²) in [6.07, 6.45) is 0.300. The van der Waals surface area contributed by atoms with Crippen molar-refractivity contribution in [3.63, 3.8) is 0 Å². The molecule has 0 fully saturated rings. The number of alkyl halides is 1. The van der Waals surface area contributed by atoms with Crippen LogP contribution in [0.4, 0.5) is 8.78 Å². The van der Waals surface area contributed by atoms with Crippen LogP contribution in [-0.2, 0) is 12.8 Å². The van der Waals surface area contributed by atoms with Gasteiger partial charge in [0, 0.05) is 13.0 Å². The standard InChI is InChI=1S/C13H19F2NO/c1-2-6-16-13(15)9-10-3-4-12(14)8-11(10)5-7-17/h3-4,8,13,16-17H,2,5-7,9H2,1H3/t13-/m0/s1. The third-order valence-corrected chi connectivity index (χ3v) is 2.56. The van der Waals surface area contributed by atoms with Crippen molar-refractivity contribution < 1.29 is 13.9 Å². The fraction of sp³-hybridized carbons (Fsp3) is 0.538. The highest BCUT2D eigenvalue weighted by Gasteiger charge is 2.10. The van der Waals surface area contributed by atoms with E-state index < -0.39 is 6.30 Å². The smallest absolute Gasteiger partial charge is 0.155 e. The molecule has 0 amide bonds. The van der Waals surface area contributed by atoms with Gasteiger partial charge in [0.2, 0.25) is 0 Å². The molecule has 4 heteroatoms. The molecule has 17 heavy (non-hydrogen) atoms. The number of halogens is 2. The van der Waals surface area contributed by atoms with Gasteiger partial charge in [-0.3, -0.25) is 5.32 Å². The van der Waals surface area contributed by atoms with Crippen molar-refractivity contribution in [2.45, 2.75) is 32.5 Å². The number of benzene rings is 1. The van der Waals surface area contributed by atoms with E-state index in [2.05, 4.69) is 5.32 Å². The Hall–Kier alpha value is -1.00. The number of nitrogens with one attached hydrogen (secondary N) is 1. The summed E-state index contributed by atoms with van der Waals surface area (Å²) in [5.74, 6) is -0.353. The zero-order chi connectivity index (χ0) is 12.7. The maximum atomic E-state index is 13.5. The molecular weight excluding hydrogens is 224 g/mol. The number of aliphatic hydroxyl groups excluding tert-OH is 1. The molecule has 0 aliphatic rings. The van der Waals surface area contributed by atoms with Crippen LogP contribution < -0.4 is 5.32 Å². The predicted octanol–water partition coefficient (Wildman–Crippen LogP) is 2.20. The first-order chi connectivity index (χ1) is 8.17. The zero-order valence-corrected chi connectivity index (χ0v) is 10.0. The van der Waals surface area contributed by atoms with Crippen molar-refractivity contribution in [2.24, 2.45) is 0 Å². The van der Waals surface area contributed by atoms with Gasteiger partial charge in [-0.25, -0.2) is 8.78 Å². The zero-order valence-electron chi connectivity index (χ0n) is 10.0. The van der Waals surface area contributed by atoms with Crippen molar-refractivity contribution in [1.82, 2.24) is 5.32 Å². The molecule has 1 aromatic rings. The van der Waals surface area contributed by atoms with Crippen molar-refractivity contribution in [3.05, 3.63) is 35.1 Å². The quantitative estimate of drug-likeness (QED) is 0.720. The van der Waals surface area contributed by atoms with E-state index in [1.54, 1.807) is 6.07 Å². The number of hydrogen-bond acceptors (Lipinski definition) is 2. The molecule has 0 aliphatic heterocycles. The molecule has 1 atom stereocenters. The van der Waals surface area contributed by atoms with Crippen LogP contribution in [0.25, 0.3) is 0 Å². The fourth-order valence-electron chi connectivity index (χ4n) is 1.71. The van der Waals surface area contributed by atoms with Gasteiger partial charge in [-0.1, -0.05) is 13.0 Å². The Morgan fingerprint density at radius 3 is 2.76 bits per heavy atom. The van der Waals surface area contributed by atoms with E-state index in [1.165, 1.54) is 12.1 Å². The predicted molar refractivity (Wildman–Crippen MR) is 64.1 cm³/mol. The second-order valence-electron chi connectivity index (χ2n) is 4.01. The van der Waals surface area contributed by atoms with Gasteiger partial charge < -0.3 is 5.11 Å². The molecule has 96 valence electrons. The molecule has 0 bridgehead atoms. The lowest BCUT2D eigenvalue weighted by Gasteiger charge is -2.13. The van der Waals surface area contributed by atoms with Crippen molar-refractivity contribution >= 4 is 0 Å². The number of rotatable bonds is 7. The SMILES string of the molecule is CCCN[C@H](F)Cc1ccc(F)cc1CCO. The van der Waals surface area contributed by atoms with Gasteiger partial charge in [0.05, 0.1) is 0 Å². The van der Waals surface area contributed by atoms with Crippen LogP contribution >= 0.6 is 0 Å². The number of hydrogen-bond donors (Lipinski definition) is 2. The van der Waals surface area contributed by atoms with Crippen molar-refractivity contribution in [2.75, 3.05) is 13.2 Å². The van der Waals surface area contributed by atoms with E-state index in [-0.39, 0.29) is 18.8 Å². The highest BCUT2D eigenvalue weighted by atomic mass is 19.1. The highest BCUT2D eigenvalue weighted by molar-refractivity contribution is 5.28. The molecule has 2 N–H and O–H groups in total. The van der Waals surface area contributed by atoms with Crippen LogP contribution in [0.2, 0.25) is 0 Å². The van der Waals surface area contributed by atoms with Gasteiger partial charge in [0.15, 0.2) is 6.30 Å². The maximum Gasteiger partial charge on any atom is 0.155 e. The van der Waals surface area contributed by atoms with Crippen molar-refractivity contribution in [1.29, 1.82) is 0 Å². The monoisotopic (exact) mass is 243 g/mol. The average molecular weight is 243 g/mol. The highest BCUT2D eigenvalue weighted by Crippen LogP contribution is 2.14. The lowest BCUT2D eigenvalue weighted by molar-refractivity contribution is 0.270. The van der Waals surface area contributed by atoms with Gasteiger partial charge in [0.1, 0.15) is 5.82 Å². The van der Waals surface area contributed by atoms with E-state index >= 15 is 0 Å². The molecule has 0 aromatic heterocycles. The second-order valence-corrected chi connectivity index (χ2v) is 4.01. The van der Waals surface area contributed by atoms with Gasteiger partial charge in [-0.05, 0) is 42.6 Å². The van der Waals surface area contributed by atoms with Crippen LogP contribution in [0, 0.1) is 5.82 Å². The Bertz CT molecular complexity index is 344. The summed E-state index contributed by atoms with van der Waals surface area (Å²) in [7, 11) is 0. The Morgan fingerprint density at radius 2 is 2.12 bits per heavy atom. The van der Waals surface area contributed by atoms with E-state index in [0.29, 0.717) is 18.5 Å². The Labute approximate surface area is 101 Å². The summed E-state index contributed by atoms with van der Waals surface area (Å²) in [6, 6.07) is 4.27. The lowest BCUT2D eigenvalue weighted by atomic mass is 10.0. The van der Waals surface area contributed by atoms with Gasteiger partial charge in [-0.15, -0.1) is 0 Å². The van der Waals surface area contributed by atoms with Gasteiger partial charge in [-0.2, -0.15) is 0 Å². The fourth-order valence-corrected chi connectivity index (χ4v) is 1.71. The molecular formula is C13H19F2NO. The van der Waals surface area contributed by atoms with Crippen LogP contribution in [0.5, 0.6) is 0 Å². The average Bonchev–Trinajstić information content (AvgIpc) is 2.30. The molecule has 0 saturated carbocycles. The first-order valence-electron chi connectivity index (χ1n) is 5.93. The van der Waals surface area contributed by atoms with Crippen molar-refractivity contribution in [3.8, 4) is 0 Å². The van der Waals surface area contributed by atoms with E-state index in [1.807, 2.05) is 6.92 Å². The summed E-state index contributed by atoms with van der Waals surface area (Å²) < 4.78 is 26.5. The molecule has 0 heterocycles. The summed E-state index contributed by atoms with van der Waals surface area (Å²) in [4.78, 5) is 0. The molecule has 1 rings (SSSR count). The van der Waals surface area contributed by atoms with E-state index in [0.717, 1.165) is 12.0 Å². The normalized spacial score (nSPS) is 12.7. The maximum absolute atomic E-state index is 13.5. The lowest BCUT2D eigenvalue weighted by Crippen LogP contribution is -2.27. The minimum Gasteiger partial charge on any atom is -0.396 e. The number of aliphatic hydroxyl groups is 1. The van der Waals surface area contributed by atoms with Gasteiger partial charge >= 0.3 is 0 Å². The third-order valence-electron chi connectivity index (χ3n) is 2.56. The molecule has 2 nitrogen and oxygen atoms in total. The van der Waals surface area contributed by atoms with E-state index in [4.69, 9.17) is 5.11 Å².